The summed E-state index contributed by atoms with van der Waals surface area (Å²) in [6, 6.07) is -3.99. The Bertz CT molecular complexity index is 729. The van der Waals surface area contributed by atoms with Crippen molar-refractivity contribution in [1.29, 1.82) is 0 Å². The highest BCUT2D eigenvalue weighted by molar-refractivity contribution is 7.80. The largest absolute Gasteiger partial charge is 0.480 e. The molecule has 12 heteroatoms. The zero-order valence-electron chi connectivity index (χ0n) is 17.2. The van der Waals surface area contributed by atoms with E-state index in [9.17, 15) is 19.2 Å². The van der Waals surface area contributed by atoms with Gasteiger partial charge < -0.3 is 31.8 Å². The van der Waals surface area contributed by atoms with Crippen LogP contribution in [0.15, 0.2) is 12.5 Å². The number of carbonyl (C=O) groups is 4. The molecule has 0 radical (unpaired) electrons. The first-order valence-electron chi connectivity index (χ1n) is 9.58. The number of nitrogens with one attached hydrogen (secondary N) is 4. The van der Waals surface area contributed by atoms with Crippen LogP contribution in [0.5, 0.6) is 0 Å². The fraction of sp³-hybridized carbons (Fsp3) is 0.611. The average molecular weight is 443 g/mol. The van der Waals surface area contributed by atoms with E-state index >= 15 is 0 Å². The van der Waals surface area contributed by atoms with Crippen LogP contribution < -0.4 is 21.7 Å². The fourth-order valence-electron chi connectivity index (χ4n) is 2.54. The number of H-pyrrole nitrogens is 1. The molecule has 7 N–H and O–H groups in total. The van der Waals surface area contributed by atoms with Crippen molar-refractivity contribution in [2.45, 2.75) is 57.8 Å². The lowest BCUT2D eigenvalue weighted by molar-refractivity contribution is -0.142. The van der Waals surface area contributed by atoms with Gasteiger partial charge in [0, 0.05) is 24.1 Å². The first kappa shape index (κ1) is 25.4. The molecule has 3 amide bonds. The molecular formula is C18H30N6O5S. The number of carbonyl (C=O) groups excluding carboxylic acids is 3. The molecule has 1 rings (SSSR count). The molecule has 0 aliphatic carbocycles. The molecule has 1 heterocycles. The molecule has 30 heavy (non-hydrogen) atoms. The van der Waals surface area contributed by atoms with Gasteiger partial charge in [-0.25, -0.2) is 9.78 Å². The minimum Gasteiger partial charge on any atom is -0.480 e. The van der Waals surface area contributed by atoms with Gasteiger partial charge in [0.05, 0.1) is 12.4 Å². The second-order valence-electron chi connectivity index (χ2n) is 7.07. The number of rotatable bonds is 12. The zero-order chi connectivity index (χ0) is 22.8. The Labute approximate surface area is 180 Å². The van der Waals surface area contributed by atoms with E-state index in [1.807, 2.05) is 6.92 Å². The number of amides is 3. The molecule has 0 spiro atoms. The summed E-state index contributed by atoms with van der Waals surface area (Å²) >= 11 is 3.91. The van der Waals surface area contributed by atoms with E-state index in [4.69, 9.17) is 10.8 Å². The third kappa shape index (κ3) is 7.67. The Balaban J connectivity index is 2.71. The lowest BCUT2D eigenvalue weighted by atomic mass is 9.97. The van der Waals surface area contributed by atoms with Crippen molar-refractivity contribution < 1.29 is 24.3 Å². The van der Waals surface area contributed by atoms with Crippen LogP contribution in [0, 0.1) is 5.92 Å². The van der Waals surface area contributed by atoms with E-state index in [0.717, 1.165) is 0 Å². The minimum atomic E-state index is -1.22. The van der Waals surface area contributed by atoms with Gasteiger partial charge in [0.25, 0.3) is 0 Å². The van der Waals surface area contributed by atoms with Gasteiger partial charge in [-0.1, -0.05) is 20.3 Å². The predicted octanol–water partition coefficient (Wildman–Crippen LogP) is -1.19. The van der Waals surface area contributed by atoms with Gasteiger partial charge in [0.15, 0.2) is 0 Å². The lowest BCUT2D eigenvalue weighted by Gasteiger charge is -2.26. The van der Waals surface area contributed by atoms with Crippen LogP contribution in [0.1, 0.15) is 32.9 Å². The van der Waals surface area contributed by atoms with Crippen molar-refractivity contribution in [1.82, 2.24) is 25.9 Å². The number of carboxylic acid groups (broad SMARTS) is 1. The first-order valence-corrected chi connectivity index (χ1v) is 10.2. The highest BCUT2D eigenvalue weighted by Crippen LogP contribution is 2.09. The smallest absolute Gasteiger partial charge is 0.327 e. The number of nitrogens with zero attached hydrogens (tertiary/aromatic N) is 1. The number of nitrogens with two attached hydrogens (primary N) is 1. The van der Waals surface area contributed by atoms with Gasteiger partial charge >= 0.3 is 5.97 Å². The van der Waals surface area contributed by atoms with Crippen LogP contribution in [-0.2, 0) is 25.6 Å². The Hall–Kier alpha value is -2.60. The van der Waals surface area contributed by atoms with E-state index < -0.39 is 47.9 Å². The molecule has 0 aromatic carbocycles. The number of carboxylic acids is 1. The Morgan fingerprint density at radius 2 is 1.83 bits per heavy atom. The van der Waals surface area contributed by atoms with E-state index in [1.165, 1.54) is 13.3 Å². The Morgan fingerprint density at radius 1 is 1.17 bits per heavy atom. The molecule has 168 valence electrons. The lowest BCUT2D eigenvalue weighted by Crippen LogP contribution is -2.58. The summed E-state index contributed by atoms with van der Waals surface area (Å²) in [7, 11) is 0. The molecule has 5 atom stereocenters. The number of hydrogen-bond acceptors (Lipinski definition) is 7. The average Bonchev–Trinajstić information content (AvgIpc) is 3.21. The monoisotopic (exact) mass is 442 g/mol. The van der Waals surface area contributed by atoms with Crippen LogP contribution in [-0.4, -0.2) is 68.7 Å². The van der Waals surface area contributed by atoms with Crippen molar-refractivity contribution in [3.8, 4) is 0 Å². The molecule has 11 nitrogen and oxygen atoms in total. The highest BCUT2D eigenvalue weighted by atomic mass is 32.1. The van der Waals surface area contributed by atoms with Gasteiger partial charge in [-0.05, 0) is 12.8 Å². The molecule has 0 aliphatic rings. The Kier molecular flexibility index (Phi) is 10.3. The zero-order valence-corrected chi connectivity index (χ0v) is 18.1. The van der Waals surface area contributed by atoms with Crippen LogP contribution in [0.25, 0.3) is 0 Å². The van der Waals surface area contributed by atoms with Gasteiger partial charge in [-0.2, -0.15) is 12.6 Å². The van der Waals surface area contributed by atoms with Crippen molar-refractivity contribution in [2.75, 3.05) is 5.75 Å². The molecule has 0 aliphatic heterocycles. The van der Waals surface area contributed by atoms with Crippen LogP contribution in [0.3, 0.4) is 0 Å². The number of aromatic nitrogens is 2. The van der Waals surface area contributed by atoms with Gasteiger partial charge in [0.1, 0.15) is 18.1 Å². The second-order valence-corrected chi connectivity index (χ2v) is 7.44. The van der Waals surface area contributed by atoms with E-state index in [2.05, 4.69) is 38.5 Å². The number of aliphatic carboxylic acids is 1. The first-order chi connectivity index (χ1) is 14.1. The SMILES string of the molecule is CCC(C)C(NC(=O)C(C)NC(=O)C(N)Cc1cnc[nH]1)C(=O)NC(CS)C(=O)O. The van der Waals surface area contributed by atoms with E-state index in [0.29, 0.717) is 12.1 Å². The van der Waals surface area contributed by atoms with Crippen LogP contribution in [0.2, 0.25) is 0 Å². The maximum atomic E-state index is 12.5. The summed E-state index contributed by atoms with van der Waals surface area (Å²) in [5, 5.41) is 16.6. The van der Waals surface area contributed by atoms with Crippen LogP contribution >= 0.6 is 12.6 Å². The van der Waals surface area contributed by atoms with Gasteiger partial charge in [-0.15, -0.1) is 0 Å². The summed E-state index contributed by atoms with van der Waals surface area (Å²) in [5.74, 6) is -3.34. The van der Waals surface area contributed by atoms with E-state index in [-0.39, 0.29) is 18.1 Å². The van der Waals surface area contributed by atoms with Crippen molar-refractivity contribution >= 4 is 36.3 Å². The molecule has 1 aromatic heterocycles. The summed E-state index contributed by atoms with van der Waals surface area (Å²) < 4.78 is 0. The molecule has 0 fully saturated rings. The predicted molar refractivity (Wildman–Crippen MR) is 113 cm³/mol. The molecule has 0 bridgehead atoms. The van der Waals surface area contributed by atoms with Crippen LogP contribution in [0.4, 0.5) is 0 Å². The maximum absolute atomic E-state index is 12.5. The Morgan fingerprint density at radius 3 is 2.33 bits per heavy atom. The molecule has 0 saturated carbocycles. The quantitative estimate of drug-likeness (QED) is 0.199. The maximum Gasteiger partial charge on any atom is 0.327 e. The summed E-state index contributed by atoms with van der Waals surface area (Å²) in [4.78, 5) is 55.2. The molecule has 1 aromatic rings. The van der Waals surface area contributed by atoms with Crippen molar-refractivity contribution in [3.05, 3.63) is 18.2 Å². The number of aromatic amines is 1. The van der Waals surface area contributed by atoms with E-state index in [1.54, 1.807) is 13.1 Å². The van der Waals surface area contributed by atoms with Gasteiger partial charge in [0.2, 0.25) is 17.7 Å². The fourth-order valence-corrected chi connectivity index (χ4v) is 2.79. The number of hydrogen-bond donors (Lipinski definition) is 7. The van der Waals surface area contributed by atoms with Crippen molar-refractivity contribution in [2.24, 2.45) is 11.7 Å². The molecular weight excluding hydrogens is 412 g/mol. The normalized spacial score (nSPS) is 15.9. The third-order valence-electron chi connectivity index (χ3n) is 4.67. The topological polar surface area (TPSA) is 179 Å². The molecule has 5 unspecified atom stereocenters. The highest BCUT2D eigenvalue weighted by Gasteiger charge is 2.31. The summed E-state index contributed by atoms with van der Waals surface area (Å²) in [5.41, 5.74) is 6.54. The number of imidazole rings is 1. The number of thiol groups is 1. The molecule has 0 saturated heterocycles. The minimum absolute atomic E-state index is 0.0943. The standard InChI is InChI=1S/C18H30N6O5S/c1-4-9(2)14(17(27)23-13(7-30)18(28)29)24-15(25)10(3)22-16(26)12(19)5-11-6-20-8-21-11/h6,8-10,12-14,30H,4-5,7,19H2,1-3H3,(H,20,21)(H,22,26)(H,23,27)(H,24,25)(H,28,29). The summed E-state index contributed by atoms with van der Waals surface area (Å²) in [6.45, 7) is 5.06. The third-order valence-corrected chi connectivity index (χ3v) is 5.04. The summed E-state index contributed by atoms with van der Waals surface area (Å²) in [6.07, 6.45) is 3.80. The van der Waals surface area contributed by atoms with Crippen molar-refractivity contribution in [3.63, 3.8) is 0 Å². The second kappa shape index (κ2) is 12.2. The van der Waals surface area contributed by atoms with Gasteiger partial charge in [-0.3, -0.25) is 14.4 Å².